The van der Waals surface area contributed by atoms with Crippen LogP contribution in [0.25, 0.3) is 16.5 Å². The second kappa shape index (κ2) is 11.9. The first-order valence-corrected chi connectivity index (χ1v) is 13.9. The second-order valence-electron chi connectivity index (χ2n) is 10.2. The van der Waals surface area contributed by atoms with Gasteiger partial charge in [-0.15, -0.1) is 11.3 Å². The number of urea groups is 1. The number of carbonyl (C=O) groups is 3. The van der Waals surface area contributed by atoms with E-state index in [9.17, 15) is 19.5 Å². The van der Waals surface area contributed by atoms with E-state index in [-0.39, 0.29) is 17.5 Å². The van der Waals surface area contributed by atoms with Crippen LogP contribution < -0.4 is 22.1 Å². The molecular weight excluding hydrogens is 488 g/mol. The zero-order chi connectivity index (χ0) is 26.4. The Morgan fingerprint density at radius 2 is 1.65 bits per heavy atom. The lowest BCUT2D eigenvalue weighted by Crippen LogP contribution is -2.60. The number of nitrogens with two attached hydrogens (primary N) is 2. The highest BCUT2D eigenvalue weighted by molar-refractivity contribution is 7.20. The van der Waals surface area contributed by atoms with Crippen LogP contribution in [0.2, 0.25) is 0 Å². The van der Waals surface area contributed by atoms with Crippen LogP contribution >= 0.6 is 11.3 Å². The molecule has 198 valence electrons. The molecule has 1 atom stereocenters. The average molecular weight is 525 g/mol. The van der Waals surface area contributed by atoms with Gasteiger partial charge in [-0.05, 0) is 55.2 Å². The molecule has 0 aliphatic heterocycles. The molecule has 0 unspecified atom stereocenters. The summed E-state index contributed by atoms with van der Waals surface area (Å²) in [5, 5.41) is 16.8. The highest BCUT2D eigenvalue weighted by Crippen LogP contribution is 2.39. The normalized spacial score (nSPS) is 18.6. The fourth-order valence-electron chi connectivity index (χ4n) is 5.76. The summed E-state index contributed by atoms with van der Waals surface area (Å²) in [6.07, 6.45) is 14.1. The zero-order valence-corrected chi connectivity index (χ0v) is 21.8. The molecule has 2 aliphatic carbocycles. The van der Waals surface area contributed by atoms with Gasteiger partial charge in [0.25, 0.3) is 5.91 Å². The zero-order valence-electron chi connectivity index (χ0n) is 21.0. The van der Waals surface area contributed by atoms with Crippen molar-refractivity contribution in [1.29, 1.82) is 0 Å². The summed E-state index contributed by atoms with van der Waals surface area (Å²) in [5.74, 6) is -1.24. The molecule has 2 aromatic rings. The van der Waals surface area contributed by atoms with Crippen LogP contribution in [0.5, 0.6) is 0 Å². The minimum atomic E-state index is -0.930. The van der Waals surface area contributed by atoms with Crippen molar-refractivity contribution in [1.82, 2.24) is 5.32 Å². The monoisotopic (exact) mass is 524 g/mol. The third kappa shape index (κ3) is 6.40. The first kappa shape index (κ1) is 26.9. The first-order valence-electron chi connectivity index (χ1n) is 13.1. The van der Waals surface area contributed by atoms with Gasteiger partial charge in [0.1, 0.15) is 10.5 Å². The highest BCUT2D eigenvalue weighted by Gasteiger charge is 2.47. The van der Waals surface area contributed by atoms with Crippen molar-refractivity contribution in [3.63, 3.8) is 0 Å². The van der Waals surface area contributed by atoms with E-state index in [4.69, 9.17) is 11.5 Å². The maximum atomic E-state index is 12.7. The molecule has 4 rings (SSSR count). The van der Waals surface area contributed by atoms with Gasteiger partial charge in [0, 0.05) is 10.9 Å². The molecule has 1 heterocycles. The number of thiophene rings is 1. The summed E-state index contributed by atoms with van der Waals surface area (Å²) in [6, 6.07) is 8.89. The molecule has 0 saturated heterocycles. The molecule has 37 heavy (non-hydrogen) atoms. The van der Waals surface area contributed by atoms with Crippen molar-refractivity contribution in [2.45, 2.75) is 75.8 Å². The van der Waals surface area contributed by atoms with Crippen LogP contribution in [0.15, 0.2) is 36.4 Å². The van der Waals surface area contributed by atoms with Crippen LogP contribution in [0, 0.1) is 5.92 Å². The van der Waals surface area contributed by atoms with Gasteiger partial charge < -0.3 is 16.6 Å². The Balaban J connectivity index is 1.50. The predicted octanol–water partition coefficient (Wildman–Crippen LogP) is 5.34. The maximum absolute atomic E-state index is 12.7. The van der Waals surface area contributed by atoms with Gasteiger partial charge in [0.2, 0.25) is 0 Å². The van der Waals surface area contributed by atoms with Crippen molar-refractivity contribution in [2.75, 3.05) is 5.32 Å². The predicted molar refractivity (Wildman–Crippen MR) is 147 cm³/mol. The van der Waals surface area contributed by atoms with Gasteiger partial charge in [-0.25, -0.2) is 4.79 Å². The maximum Gasteiger partial charge on any atom is 0.324 e. The topological polar surface area (TPSA) is 148 Å². The van der Waals surface area contributed by atoms with Crippen molar-refractivity contribution < 1.29 is 19.5 Å². The molecule has 9 heteroatoms. The Morgan fingerprint density at radius 1 is 1.00 bits per heavy atom. The molecule has 0 bridgehead atoms. The summed E-state index contributed by atoms with van der Waals surface area (Å²) in [7, 11) is 0. The Hall–Kier alpha value is -3.17. The minimum Gasteiger partial charge on any atom is -0.480 e. The molecule has 3 amide bonds. The molecule has 0 radical (unpaired) electrons. The van der Waals surface area contributed by atoms with Crippen LogP contribution in [0.4, 0.5) is 9.80 Å². The number of benzene rings is 1. The van der Waals surface area contributed by atoms with Crippen LogP contribution in [-0.4, -0.2) is 34.6 Å². The summed E-state index contributed by atoms with van der Waals surface area (Å²) < 4.78 is 0. The van der Waals surface area contributed by atoms with Crippen LogP contribution in [0.1, 0.15) is 80.1 Å². The van der Waals surface area contributed by atoms with Crippen molar-refractivity contribution in [3.05, 3.63) is 47.5 Å². The lowest BCUT2D eigenvalue weighted by Gasteiger charge is -2.40. The van der Waals surface area contributed by atoms with Crippen molar-refractivity contribution in [2.24, 2.45) is 17.4 Å². The summed E-state index contributed by atoms with van der Waals surface area (Å²) in [4.78, 5) is 36.5. The largest absolute Gasteiger partial charge is 0.480 e. The van der Waals surface area contributed by atoms with Gasteiger partial charge in [-0.3, -0.25) is 20.2 Å². The van der Waals surface area contributed by atoms with Gasteiger partial charge in [0.15, 0.2) is 0 Å². The smallest absolute Gasteiger partial charge is 0.324 e. The molecular formula is C28H36N4O4S. The molecule has 2 saturated carbocycles. The Morgan fingerprint density at radius 3 is 2.24 bits per heavy atom. The molecule has 0 spiro atoms. The van der Waals surface area contributed by atoms with Crippen LogP contribution in [0.3, 0.4) is 0 Å². The number of primary amides is 2. The van der Waals surface area contributed by atoms with E-state index in [1.807, 2.05) is 36.4 Å². The van der Waals surface area contributed by atoms with Gasteiger partial charge in [-0.1, -0.05) is 68.5 Å². The van der Waals surface area contributed by atoms with E-state index in [1.54, 1.807) is 6.07 Å². The first-order chi connectivity index (χ1) is 17.8. The number of carboxylic acid groups (broad SMARTS) is 1. The average Bonchev–Trinajstić information content (AvgIpc) is 3.55. The SMILES string of the molecule is NC(=O)Nc1sc(-c2ccc(C=CC[C@](NC3CCCCC3)(C(=O)O)C3CCCC3)cc2)cc1C(N)=O. The van der Waals surface area contributed by atoms with E-state index in [0.717, 1.165) is 67.4 Å². The van der Waals surface area contributed by atoms with E-state index in [0.29, 0.717) is 11.4 Å². The standard InChI is InChI=1S/C28H36N4O4S/c29-24(33)22-17-23(37-25(22)31-27(30)36)19-14-12-18(13-15-19)7-6-16-28(26(34)35,20-8-4-5-9-20)32-21-10-2-1-3-11-21/h6-7,12-15,17,20-21,32H,1-5,8-11,16H2,(H2,29,33)(H,34,35)(H3,30,31,36)/t28-/m1/s1. The number of nitrogens with one attached hydrogen (secondary N) is 2. The third-order valence-electron chi connectivity index (χ3n) is 7.68. The Kier molecular flexibility index (Phi) is 8.66. The number of amides is 3. The van der Waals surface area contributed by atoms with Crippen molar-refractivity contribution in [3.8, 4) is 10.4 Å². The molecule has 2 fully saturated rings. The lowest BCUT2D eigenvalue weighted by molar-refractivity contribution is -0.148. The van der Waals surface area contributed by atoms with E-state index < -0.39 is 23.4 Å². The summed E-state index contributed by atoms with van der Waals surface area (Å²) in [6.45, 7) is 0. The number of aliphatic carboxylic acids is 1. The number of hydrogen-bond donors (Lipinski definition) is 5. The molecule has 1 aromatic heterocycles. The molecule has 7 N–H and O–H groups in total. The summed E-state index contributed by atoms with van der Waals surface area (Å²) in [5.41, 5.74) is 11.7. The third-order valence-corrected chi connectivity index (χ3v) is 8.78. The number of anilines is 1. The quantitative estimate of drug-likeness (QED) is 0.284. The number of carbonyl (C=O) groups excluding carboxylic acids is 2. The number of rotatable bonds is 10. The van der Waals surface area contributed by atoms with Gasteiger partial charge in [0.05, 0.1) is 5.56 Å². The van der Waals surface area contributed by atoms with Gasteiger partial charge >= 0.3 is 12.0 Å². The van der Waals surface area contributed by atoms with E-state index in [2.05, 4.69) is 10.6 Å². The Labute approximate surface area is 221 Å². The lowest BCUT2D eigenvalue weighted by atomic mass is 9.77. The highest BCUT2D eigenvalue weighted by atomic mass is 32.1. The van der Waals surface area contributed by atoms with Gasteiger partial charge in [-0.2, -0.15) is 0 Å². The fourth-order valence-corrected chi connectivity index (χ4v) is 6.83. The second-order valence-corrected chi connectivity index (χ2v) is 11.2. The summed E-state index contributed by atoms with van der Waals surface area (Å²) >= 11 is 1.23. The Bertz CT molecular complexity index is 1150. The van der Waals surface area contributed by atoms with E-state index >= 15 is 0 Å². The minimum absolute atomic E-state index is 0.139. The number of carboxylic acids is 1. The fraction of sp³-hybridized carbons (Fsp3) is 0.464. The van der Waals surface area contributed by atoms with Crippen LogP contribution in [-0.2, 0) is 4.79 Å². The molecule has 8 nitrogen and oxygen atoms in total. The molecule has 1 aromatic carbocycles. The number of hydrogen-bond acceptors (Lipinski definition) is 5. The van der Waals surface area contributed by atoms with E-state index in [1.165, 1.54) is 17.8 Å². The van der Waals surface area contributed by atoms with Crippen molar-refractivity contribution >= 4 is 40.3 Å². The molecule has 2 aliphatic rings.